The molecule has 2 aromatic rings. The lowest BCUT2D eigenvalue weighted by Gasteiger charge is -2.23. The fraction of sp³-hybridized carbons (Fsp3) is 0.412. The monoisotopic (exact) mass is 392 g/mol. The predicted molar refractivity (Wildman–Crippen MR) is 109 cm³/mol. The number of hydrogen-bond donors (Lipinski definition) is 3. The zero-order valence-electron chi connectivity index (χ0n) is 15.4. The summed E-state index contributed by atoms with van der Waals surface area (Å²) in [6.07, 6.45) is 0. The summed E-state index contributed by atoms with van der Waals surface area (Å²) >= 11 is 6.46. The molecule has 26 heavy (non-hydrogen) atoms. The van der Waals surface area contributed by atoms with E-state index in [0.717, 1.165) is 17.9 Å². The number of rotatable bonds is 5. The minimum Gasteiger partial charge on any atom is -0.357 e. The van der Waals surface area contributed by atoms with E-state index in [1.807, 2.05) is 62.6 Å². The summed E-state index contributed by atoms with van der Waals surface area (Å²) in [6, 6.07) is 9.87. The SMILES string of the molecule is CCn1c(SCC(=O)NNC(=S)NC(C)(C)C)nnc1-c1ccccc1. The third-order valence-electron chi connectivity index (χ3n) is 3.20. The smallest absolute Gasteiger partial charge is 0.248 e. The van der Waals surface area contributed by atoms with Gasteiger partial charge in [0.05, 0.1) is 5.75 Å². The summed E-state index contributed by atoms with van der Waals surface area (Å²) in [5, 5.41) is 12.6. The molecule has 3 N–H and O–H groups in total. The highest BCUT2D eigenvalue weighted by Crippen LogP contribution is 2.23. The molecule has 140 valence electrons. The standard InChI is InChI=1S/C17H24N6OS2/c1-5-23-14(12-9-7-6-8-10-12)20-22-16(23)26-11-13(24)19-21-15(25)18-17(2,3)4/h6-10H,5,11H2,1-4H3,(H,19,24)(H2,18,21,25). The second-order valence-corrected chi connectivity index (χ2v) is 7.93. The average molecular weight is 393 g/mol. The van der Waals surface area contributed by atoms with E-state index in [0.29, 0.717) is 10.3 Å². The third-order valence-corrected chi connectivity index (χ3v) is 4.37. The Balaban J connectivity index is 1.90. The first-order valence-electron chi connectivity index (χ1n) is 8.28. The van der Waals surface area contributed by atoms with Gasteiger partial charge >= 0.3 is 0 Å². The van der Waals surface area contributed by atoms with Crippen LogP contribution in [0, 0.1) is 0 Å². The van der Waals surface area contributed by atoms with E-state index < -0.39 is 0 Å². The van der Waals surface area contributed by atoms with E-state index >= 15 is 0 Å². The number of hydrogen-bond acceptors (Lipinski definition) is 5. The quantitative estimate of drug-likeness (QED) is 0.409. The molecule has 0 aliphatic rings. The molecule has 9 heteroatoms. The van der Waals surface area contributed by atoms with Crippen molar-refractivity contribution in [2.24, 2.45) is 0 Å². The van der Waals surface area contributed by atoms with Crippen molar-refractivity contribution in [2.45, 2.75) is 44.9 Å². The number of nitrogens with one attached hydrogen (secondary N) is 3. The second-order valence-electron chi connectivity index (χ2n) is 6.58. The Kier molecular flexibility index (Phi) is 6.98. The van der Waals surface area contributed by atoms with Gasteiger partial charge in [-0.25, -0.2) is 0 Å². The van der Waals surface area contributed by atoms with Crippen molar-refractivity contribution < 1.29 is 4.79 Å². The van der Waals surface area contributed by atoms with Gasteiger partial charge in [-0.05, 0) is 39.9 Å². The number of thioether (sulfide) groups is 1. The molecule has 1 aromatic carbocycles. The third kappa shape index (κ3) is 5.99. The van der Waals surface area contributed by atoms with Crippen molar-refractivity contribution in [1.82, 2.24) is 30.9 Å². The molecule has 0 radical (unpaired) electrons. The van der Waals surface area contributed by atoms with Crippen molar-refractivity contribution in [3.8, 4) is 11.4 Å². The van der Waals surface area contributed by atoms with Crippen LogP contribution >= 0.6 is 24.0 Å². The Morgan fingerprint density at radius 1 is 1.19 bits per heavy atom. The normalized spacial score (nSPS) is 11.1. The van der Waals surface area contributed by atoms with E-state index in [9.17, 15) is 4.79 Å². The van der Waals surface area contributed by atoms with Crippen LogP contribution in [0.4, 0.5) is 0 Å². The summed E-state index contributed by atoms with van der Waals surface area (Å²) in [5.41, 5.74) is 6.11. The number of benzene rings is 1. The number of aromatic nitrogens is 3. The number of carbonyl (C=O) groups is 1. The molecule has 1 heterocycles. The first kappa shape index (κ1) is 20.2. The number of thiocarbonyl (C=S) groups is 1. The molecule has 0 aliphatic heterocycles. The van der Waals surface area contributed by atoms with Gasteiger partial charge < -0.3 is 9.88 Å². The van der Waals surface area contributed by atoms with Gasteiger partial charge in [0.2, 0.25) is 5.91 Å². The van der Waals surface area contributed by atoms with Gasteiger partial charge in [-0.15, -0.1) is 10.2 Å². The van der Waals surface area contributed by atoms with Crippen molar-refractivity contribution in [2.75, 3.05) is 5.75 Å². The minimum absolute atomic E-state index is 0.172. The lowest BCUT2D eigenvalue weighted by molar-refractivity contribution is -0.119. The molecule has 1 amide bonds. The van der Waals surface area contributed by atoms with Gasteiger partial charge in [0, 0.05) is 17.6 Å². The molecule has 0 saturated heterocycles. The van der Waals surface area contributed by atoms with Crippen LogP contribution in [0.3, 0.4) is 0 Å². The van der Waals surface area contributed by atoms with Gasteiger partial charge in [0.1, 0.15) is 0 Å². The van der Waals surface area contributed by atoms with Gasteiger partial charge in [-0.3, -0.25) is 15.6 Å². The molecule has 0 bridgehead atoms. The molecule has 0 fully saturated rings. The van der Waals surface area contributed by atoms with Crippen molar-refractivity contribution >= 4 is 35.0 Å². The largest absolute Gasteiger partial charge is 0.357 e. The summed E-state index contributed by atoms with van der Waals surface area (Å²) in [7, 11) is 0. The van der Waals surface area contributed by atoms with Gasteiger partial charge in [0.15, 0.2) is 16.1 Å². The molecule has 0 spiro atoms. The highest BCUT2D eigenvalue weighted by Gasteiger charge is 2.15. The highest BCUT2D eigenvalue weighted by atomic mass is 32.2. The minimum atomic E-state index is -0.194. The fourth-order valence-corrected chi connectivity index (χ4v) is 3.31. The molecule has 2 rings (SSSR count). The molecular formula is C17H24N6OS2. The lowest BCUT2D eigenvalue weighted by Crippen LogP contribution is -2.52. The highest BCUT2D eigenvalue weighted by molar-refractivity contribution is 7.99. The first-order chi connectivity index (χ1) is 12.3. The lowest BCUT2D eigenvalue weighted by atomic mass is 10.1. The molecule has 0 unspecified atom stereocenters. The van der Waals surface area contributed by atoms with Crippen LogP contribution in [0.5, 0.6) is 0 Å². The first-order valence-corrected chi connectivity index (χ1v) is 9.68. The summed E-state index contributed by atoms with van der Waals surface area (Å²) < 4.78 is 1.99. The van der Waals surface area contributed by atoms with Crippen LogP contribution < -0.4 is 16.2 Å². The van der Waals surface area contributed by atoms with Gasteiger partial charge in [-0.1, -0.05) is 42.1 Å². The van der Waals surface area contributed by atoms with E-state index in [4.69, 9.17) is 12.2 Å². The van der Waals surface area contributed by atoms with E-state index in [2.05, 4.69) is 26.4 Å². The molecule has 0 saturated carbocycles. The summed E-state index contributed by atoms with van der Waals surface area (Å²) in [4.78, 5) is 12.0. The maximum atomic E-state index is 12.0. The molecular weight excluding hydrogens is 368 g/mol. The van der Waals surface area contributed by atoms with E-state index in [1.165, 1.54) is 11.8 Å². The van der Waals surface area contributed by atoms with Crippen molar-refractivity contribution in [1.29, 1.82) is 0 Å². The van der Waals surface area contributed by atoms with Crippen LogP contribution in [0.2, 0.25) is 0 Å². The number of nitrogens with zero attached hydrogens (tertiary/aromatic N) is 3. The Bertz CT molecular complexity index is 754. The maximum Gasteiger partial charge on any atom is 0.248 e. The molecule has 0 atom stereocenters. The Morgan fingerprint density at radius 3 is 2.50 bits per heavy atom. The zero-order chi connectivity index (χ0) is 19.2. The van der Waals surface area contributed by atoms with Crippen LogP contribution in [0.25, 0.3) is 11.4 Å². The maximum absolute atomic E-state index is 12.0. The second kappa shape index (κ2) is 9.00. The average Bonchev–Trinajstić information content (AvgIpc) is 3.00. The van der Waals surface area contributed by atoms with Crippen LogP contribution in [0.1, 0.15) is 27.7 Å². The van der Waals surface area contributed by atoms with Crippen LogP contribution in [-0.2, 0) is 11.3 Å². The molecule has 1 aromatic heterocycles. The number of amides is 1. The summed E-state index contributed by atoms with van der Waals surface area (Å²) in [6.45, 7) is 8.71. The van der Waals surface area contributed by atoms with Crippen LogP contribution in [-0.4, -0.2) is 37.1 Å². The van der Waals surface area contributed by atoms with Crippen molar-refractivity contribution in [3.63, 3.8) is 0 Å². The van der Waals surface area contributed by atoms with Gasteiger partial charge in [-0.2, -0.15) is 0 Å². The number of carbonyl (C=O) groups excluding carboxylic acids is 1. The van der Waals surface area contributed by atoms with Gasteiger partial charge in [0.25, 0.3) is 0 Å². The van der Waals surface area contributed by atoms with E-state index in [-0.39, 0.29) is 17.2 Å². The zero-order valence-corrected chi connectivity index (χ0v) is 17.0. The Labute approximate surface area is 163 Å². The Hall–Kier alpha value is -2.13. The Morgan fingerprint density at radius 2 is 1.88 bits per heavy atom. The van der Waals surface area contributed by atoms with Crippen molar-refractivity contribution in [3.05, 3.63) is 30.3 Å². The molecule has 7 nitrogen and oxygen atoms in total. The fourth-order valence-electron chi connectivity index (χ4n) is 2.15. The number of hydrazine groups is 1. The van der Waals surface area contributed by atoms with Crippen LogP contribution in [0.15, 0.2) is 35.5 Å². The topological polar surface area (TPSA) is 83.9 Å². The predicted octanol–water partition coefficient (Wildman–Crippen LogP) is 2.35. The molecule has 0 aliphatic carbocycles. The van der Waals surface area contributed by atoms with E-state index in [1.54, 1.807) is 0 Å². The summed E-state index contributed by atoms with van der Waals surface area (Å²) in [5.74, 6) is 0.808.